The molecule has 0 saturated carbocycles. The summed E-state index contributed by atoms with van der Waals surface area (Å²) >= 11 is 6.06. The van der Waals surface area contributed by atoms with Gasteiger partial charge in [-0.2, -0.15) is 5.26 Å². The molecular weight excluding hydrogens is 464 g/mol. The van der Waals surface area contributed by atoms with Crippen molar-refractivity contribution in [2.75, 3.05) is 49.7 Å². The number of nitriles is 1. The van der Waals surface area contributed by atoms with Gasteiger partial charge < -0.3 is 14.5 Å². The fourth-order valence-electron chi connectivity index (χ4n) is 3.66. The van der Waals surface area contributed by atoms with Crippen molar-refractivity contribution in [3.63, 3.8) is 0 Å². The van der Waals surface area contributed by atoms with Crippen molar-refractivity contribution in [1.82, 2.24) is 0 Å². The normalized spacial score (nSPS) is 10.2. The van der Waals surface area contributed by atoms with Gasteiger partial charge in [0, 0.05) is 56.3 Å². The quantitative estimate of drug-likeness (QED) is 0.217. The first-order valence-corrected chi connectivity index (χ1v) is 12.6. The van der Waals surface area contributed by atoms with Gasteiger partial charge in [-0.05, 0) is 56.5 Å². The summed E-state index contributed by atoms with van der Waals surface area (Å²) in [5.41, 5.74) is 3.53. The van der Waals surface area contributed by atoms with Crippen LogP contribution in [0, 0.1) is 28.4 Å². The molecule has 0 aliphatic heterocycles. The van der Waals surface area contributed by atoms with E-state index in [0.717, 1.165) is 50.4 Å². The molecule has 0 unspecified atom stereocenters. The number of nitro benzene ring substituents is 1. The molecule has 0 heterocycles. The number of nitro groups is 1. The fourth-order valence-corrected chi connectivity index (χ4v) is 3.88. The molecule has 192 valence electrons. The summed E-state index contributed by atoms with van der Waals surface area (Å²) in [6.45, 7) is 12.7. The van der Waals surface area contributed by atoms with E-state index in [2.05, 4.69) is 36.6 Å². The number of unbranched alkanes of at least 4 members (excludes halogenated alkanes) is 1. The summed E-state index contributed by atoms with van der Waals surface area (Å²) in [4.78, 5) is 14.9. The van der Waals surface area contributed by atoms with Gasteiger partial charge >= 0.3 is 0 Å². The Morgan fingerprint density at radius 2 is 1.57 bits per heavy atom. The van der Waals surface area contributed by atoms with Crippen LogP contribution in [0.25, 0.3) is 0 Å². The van der Waals surface area contributed by atoms with Crippen LogP contribution in [0.3, 0.4) is 0 Å². The first-order chi connectivity index (χ1) is 16.8. The number of nitrogens with zero attached hydrogens (tertiary/aromatic N) is 4. The molecule has 2 aromatic rings. The number of methoxy groups -OCH3 is 1. The molecule has 0 saturated heterocycles. The highest BCUT2D eigenvalue weighted by Crippen LogP contribution is 2.25. The molecule has 7 nitrogen and oxygen atoms in total. The van der Waals surface area contributed by atoms with Crippen molar-refractivity contribution in [1.29, 1.82) is 5.26 Å². The van der Waals surface area contributed by atoms with Gasteiger partial charge in [-0.1, -0.05) is 38.8 Å². The van der Waals surface area contributed by atoms with E-state index in [-0.39, 0.29) is 10.6 Å². The zero-order chi connectivity index (χ0) is 26.2. The largest absolute Gasteiger partial charge is 0.383 e. The molecule has 0 amide bonds. The Kier molecular flexibility index (Phi) is 14.5. The van der Waals surface area contributed by atoms with Crippen LogP contribution >= 0.6 is 11.6 Å². The second-order valence-electron chi connectivity index (χ2n) is 8.32. The average Bonchev–Trinajstić information content (AvgIpc) is 2.84. The molecule has 0 fully saturated rings. The van der Waals surface area contributed by atoms with Crippen LogP contribution in [-0.4, -0.2) is 44.8 Å². The van der Waals surface area contributed by atoms with Gasteiger partial charge in [0.2, 0.25) is 0 Å². The molecule has 0 N–H and O–H groups in total. The van der Waals surface area contributed by atoms with Crippen molar-refractivity contribution < 1.29 is 9.66 Å². The third kappa shape index (κ3) is 10.1. The molecule has 0 radical (unpaired) electrons. The lowest BCUT2D eigenvalue weighted by Gasteiger charge is -2.24. The van der Waals surface area contributed by atoms with Crippen LogP contribution in [0.15, 0.2) is 36.4 Å². The lowest BCUT2D eigenvalue weighted by Crippen LogP contribution is -2.28. The summed E-state index contributed by atoms with van der Waals surface area (Å²) in [6, 6.07) is 13.0. The van der Waals surface area contributed by atoms with Crippen molar-refractivity contribution in [3.05, 3.63) is 62.7 Å². The highest BCUT2D eigenvalue weighted by molar-refractivity contribution is 6.32. The number of hydrogen-bond acceptors (Lipinski definition) is 6. The lowest BCUT2D eigenvalue weighted by molar-refractivity contribution is -0.385. The van der Waals surface area contributed by atoms with Gasteiger partial charge in [-0.25, -0.2) is 0 Å². The molecule has 8 heteroatoms. The Bertz CT molecular complexity index is 962. The minimum absolute atomic E-state index is 0.168. The molecule has 0 spiro atoms. The van der Waals surface area contributed by atoms with E-state index >= 15 is 0 Å². The first kappa shape index (κ1) is 30.2. The topological polar surface area (TPSA) is 82.6 Å². The maximum atomic E-state index is 10.8. The summed E-state index contributed by atoms with van der Waals surface area (Å²) in [5.74, 6) is 0. The number of benzene rings is 2. The maximum absolute atomic E-state index is 10.8. The number of ether oxygens (including phenoxy) is 1. The van der Waals surface area contributed by atoms with Crippen molar-refractivity contribution in [2.45, 2.75) is 53.4 Å². The van der Waals surface area contributed by atoms with E-state index in [1.54, 1.807) is 32.2 Å². The monoisotopic (exact) mass is 502 g/mol. The van der Waals surface area contributed by atoms with E-state index in [4.69, 9.17) is 21.6 Å². The van der Waals surface area contributed by atoms with Crippen LogP contribution < -0.4 is 9.80 Å². The standard InChI is InChI=1S/C14H19ClN2.C13H20N2O3/c1-3-5-9-17(8-4-2)13-7-6-12(11-16)14(15)10-13;1-4-7-14(8-9-18-3)12-5-6-13(15(16)17)11(2)10-12/h6-7,10H,3-5,8-9H2,1-2H3;5-6,10H,4,7-9H2,1-3H3. The highest BCUT2D eigenvalue weighted by atomic mass is 35.5. The number of aryl methyl sites for hydroxylation is 1. The molecule has 0 aliphatic carbocycles. The van der Waals surface area contributed by atoms with Crippen LogP contribution in [0.1, 0.15) is 57.6 Å². The zero-order valence-corrected chi connectivity index (χ0v) is 22.5. The average molecular weight is 503 g/mol. The molecular formula is C27H39ClN4O3. The Balaban J connectivity index is 0.000000351. The third-order valence-corrected chi connectivity index (χ3v) is 5.83. The Hall–Kier alpha value is -2.82. The smallest absolute Gasteiger partial charge is 0.272 e. The van der Waals surface area contributed by atoms with E-state index in [9.17, 15) is 10.1 Å². The van der Waals surface area contributed by atoms with Crippen LogP contribution in [0.5, 0.6) is 0 Å². The van der Waals surface area contributed by atoms with E-state index in [1.807, 2.05) is 18.2 Å². The molecule has 0 bridgehead atoms. The van der Waals surface area contributed by atoms with Crippen LogP contribution in [0.4, 0.5) is 17.1 Å². The van der Waals surface area contributed by atoms with Crippen LogP contribution in [0.2, 0.25) is 5.02 Å². The third-order valence-electron chi connectivity index (χ3n) is 5.51. The van der Waals surface area contributed by atoms with Crippen molar-refractivity contribution in [3.8, 4) is 6.07 Å². The Morgan fingerprint density at radius 3 is 2.06 bits per heavy atom. The van der Waals surface area contributed by atoms with Crippen LogP contribution in [-0.2, 0) is 4.74 Å². The molecule has 2 aromatic carbocycles. The number of hydrogen-bond donors (Lipinski definition) is 0. The molecule has 35 heavy (non-hydrogen) atoms. The lowest BCUT2D eigenvalue weighted by atomic mass is 10.1. The minimum Gasteiger partial charge on any atom is -0.383 e. The van der Waals surface area contributed by atoms with E-state index < -0.39 is 0 Å². The van der Waals surface area contributed by atoms with E-state index in [0.29, 0.717) is 22.8 Å². The fraction of sp³-hybridized carbons (Fsp3) is 0.519. The molecule has 0 aliphatic rings. The number of anilines is 2. The van der Waals surface area contributed by atoms with Gasteiger partial charge in [0.15, 0.2) is 0 Å². The number of halogens is 1. The summed E-state index contributed by atoms with van der Waals surface area (Å²) < 4.78 is 5.08. The van der Waals surface area contributed by atoms with Crippen molar-refractivity contribution in [2.24, 2.45) is 0 Å². The Labute approximate surface area is 215 Å². The molecule has 2 rings (SSSR count). The van der Waals surface area contributed by atoms with Gasteiger partial charge in [0.05, 0.1) is 22.1 Å². The Morgan fingerprint density at radius 1 is 0.971 bits per heavy atom. The van der Waals surface area contributed by atoms with E-state index in [1.165, 1.54) is 12.8 Å². The predicted octanol–water partition coefficient (Wildman–Crippen LogP) is 6.99. The summed E-state index contributed by atoms with van der Waals surface area (Å²) in [6.07, 6.45) is 4.50. The maximum Gasteiger partial charge on any atom is 0.272 e. The van der Waals surface area contributed by atoms with Gasteiger partial charge in [0.25, 0.3) is 5.69 Å². The minimum atomic E-state index is -0.349. The molecule has 0 atom stereocenters. The first-order valence-electron chi connectivity index (χ1n) is 12.3. The highest BCUT2D eigenvalue weighted by Gasteiger charge is 2.13. The van der Waals surface area contributed by atoms with Gasteiger partial charge in [-0.15, -0.1) is 0 Å². The summed E-state index contributed by atoms with van der Waals surface area (Å²) in [7, 11) is 1.67. The summed E-state index contributed by atoms with van der Waals surface area (Å²) in [5, 5.41) is 20.2. The zero-order valence-electron chi connectivity index (χ0n) is 21.7. The molecule has 0 aromatic heterocycles. The van der Waals surface area contributed by atoms with Crippen molar-refractivity contribution >= 4 is 28.7 Å². The second-order valence-corrected chi connectivity index (χ2v) is 8.73. The van der Waals surface area contributed by atoms with Gasteiger partial charge in [0.1, 0.15) is 6.07 Å². The number of rotatable bonds is 13. The predicted molar refractivity (Wildman–Crippen MR) is 146 cm³/mol. The van der Waals surface area contributed by atoms with Gasteiger partial charge in [-0.3, -0.25) is 10.1 Å². The second kappa shape index (κ2) is 16.7. The SMILES string of the molecule is CCCCN(CCC)c1ccc(C#N)c(Cl)c1.CCCN(CCOC)c1ccc([N+](=O)[O-])c(C)c1.